The van der Waals surface area contributed by atoms with Gasteiger partial charge in [-0.15, -0.1) is 0 Å². The molecule has 1 aliphatic rings. The molecule has 6 nitrogen and oxygen atoms in total. The number of nitrogens with zero attached hydrogens (tertiary/aromatic N) is 3. The molecule has 0 aliphatic carbocycles. The lowest BCUT2D eigenvalue weighted by atomic mass is 9.91. The first kappa shape index (κ1) is 14.0. The van der Waals surface area contributed by atoms with Gasteiger partial charge in [-0.3, -0.25) is 9.48 Å². The Morgan fingerprint density at radius 1 is 1.58 bits per heavy atom. The van der Waals surface area contributed by atoms with Gasteiger partial charge in [-0.05, 0) is 24.8 Å². The zero-order valence-electron chi connectivity index (χ0n) is 11.4. The molecule has 0 saturated carbocycles. The molecule has 1 unspecified atom stereocenters. The lowest BCUT2D eigenvalue weighted by molar-refractivity contribution is -0.133. The van der Waals surface area contributed by atoms with Crippen LogP contribution in [-0.4, -0.2) is 53.4 Å². The summed E-state index contributed by atoms with van der Waals surface area (Å²) in [6.45, 7) is 2.73. The third-order valence-corrected chi connectivity index (χ3v) is 3.66. The van der Waals surface area contributed by atoms with Crippen molar-refractivity contribution in [3.63, 3.8) is 0 Å². The predicted molar refractivity (Wildman–Crippen MR) is 71.4 cm³/mol. The highest BCUT2D eigenvalue weighted by molar-refractivity contribution is 5.81. The molecular formula is C13H22N4O2. The monoisotopic (exact) mass is 266 g/mol. The summed E-state index contributed by atoms with van der Waals surface area (Å²) in [5.74, 6) is 0.257. The number of nitrogens with two attached hydrogens (primary N) is 1. The summed E-state index contributed by atoms with van der Waals surface area (Å²) in [6.07, 6.45) is 5.37. The molecule has 19 heavy (non-hydrogen) atoms. The second kappa shape index (κ2) is 6.68. The van der Waals surface area contributed by atoms with Crippen LogP contribution in [0.1, 0.15) is 12.8 Å². The van der Waals surface area contributed by atoms with Crippen molar-refractivity contribution in [2.24, 2.45) is 11.7 Å². The van der Waals surface area contributed by atoms with E-state index in [1.165, 1.54) is 0 Å². The Balaban J connectivity index is 1.80. The van der Waals surface area contributed by atoms with Crippen LogP contribution >= 0.6 is 0 Å². The fraction of sp³-hybridized carbons (Fsp3) is 0.692. The van der Waals surface area contributed by atoms with Crippen molar-refractivity contribution in [2.75, 3.05) is 26.8 Å². The molecule has 6 heteroatoms. The summed E-state index contributed by atoms with van der Waals surface area (Å²) in [5.41, 5.74) is 6.07. The maximum Gasteiger partial charge on any atom is 0.239 e. The zero-order valence-corrected chi connectivity index (χ0v) is 11.4. The Morgan fingerprint density at radius 2 is 2.32 bits per heavy atom. The molecule has 0 spiro atoms. The van der Waals surface area contributed by atoms with E-state index in [1.807, 2.05) is 16.9 Å². The number of amides is 1. The van der Waals surface area contributed by atoms with E-state index < -0.39 is 6.04 Å². The van der Waals surface area contributed by atoms with Gasteiger partial charge < -0.3 is 15.4 Å². The second-order valence-electron chi connectivity index (χ2n) is 5.00. The van der Waals surface area contributed by atoms with Crippen LogP contribution in [-0.2, 0) is 16.1 Å². The van der Waals surface area contributed by atoms with Gasteiger partial charge in [0.25, 0.3) is 0 Å². The second-order valence-corrected chi connectivity index (χ2v) is 5.00. The summed E-state index contributed by atoms with van der Waals surface area (Å²) in [6, 6.07) is 1.46. The normalized spacial score (nSPS) is 18.2. The molecule has 1 amide bonds. The van der Waals surface area contributed by atoms with Gasteiger partial charge in [0.1, 0.15) is 0 Å². The first-order valence-corrected chi connectivity index (χ1v) is 6.74. The lowest BCUT2D eigenvalue weighted by Crippen LogP contribution is -2.48. The summed E-state index contributed by atoms with van der Waals surface area (Å²) < 4.78 is 7.10. The molecular weight excluding hydrogens is 244 g/mol. The molecule has 106 valence electrons. The summed E-state index contributed by atoms with van der Waals surface area (Å²) in [4.78, 5) is 13.9. The van der Waals surface area contributed by atoms with Crippen LogP contribution in [0.15, 0.2) is 18.5 Å². The number of carbonyl (C=O) groups excluding carboxylic acids is 1. The van der Waals surface area contributed by atoms with Gasteiger partial charge in [0.2, 0.25) is 5.91 Å². The molecule has 0 bridgehead atoms. The molecule has 1 atom stereocenters. The number of hydrogen-bond acceptors (Lipinski definition) is 4. The minimum absolute atomic E-state index is 0.0130. The number of ether oxygens (including phenoxy) is 1. The molecule has 1 aliphatic heterocycles. The maximum absolute atomic E-state index is 12.2. The summed E-state index contributed by atoms with van der Waals surface area (Å²) >= 11 is 0. The van der Waals surface area contributed by atoms with Crippen LogP contribution in [0.5, 0.6) is 0 Å². The Bertz CT molecular complexity index is 387. The Hall–Kier alpha value is -1.40. The van der Waals surface area contributed by atoms with Gasteiger partial charge in [-0.1, -0.05) is 0 Å². The van der Waals surface area contributed by atoms with E-state index in [1.54, 1.807) is 18.1 Å². The molecule has 1 aromatic heterocycles. The molecule has 0 radical (unpaired) electrons. The van der Waals surface area contributed by atoms with E-state index in [9.17, 15) is 4.79 Å². The van der Waals surface area contributed by atoms with Gasteiger partial charge in [0, 0.05) is 39.2 Å². The Labute approximate surface area is 113 Å². The van der Waals surface area contributed by atoms with Crippen molar-refractivity contribution in [2.45, 2.75) is 25.4 Å². The van der Waals surface area contributed by atoms with E-state index in [0.29, 0.717) is 26.3 Å². The van der Waals surface area contributed by atoms with Crippen LogP contribution in [0, 0.1) is 5.92 Å². The van der Waals surface area contributed by atoms with E-state index in [0.717, 1.165) is 12.8 Å². The van der Waals surface area contributed by atoms with E-state index in [4.69, 9.17) is 10.5 Å². The van der Waals surface area contributed by atoms with Crippen molar-refractivity contribution in [3.05, 3.63) is 18.5 Å². The van der Waals surface area contributed by atoms with Crippen LogP contribution < -0.4 is 5.73 Å². The number of aromatic nitrogens is 2. The number of likely N-dealkylation sites (N-methyl/N-ethyl adjacent to an activating group) is 1. The SMILES string of the molecule is CN(CCn1cccn1)C(=O)C(N)C1CCOCC1. The number of carbonyl (C=O) groups is 1. The van der Waals surface area contributed by atoms with Crippen LogP contribution in [0.4, 0.5) is 0 Å². The van der Waals surface area contributed by atoms with Gasteiger partial charge in [0.15, 0.2) is 0 Å². The fourth-order valence-corrected chi connectivity index (χ4v) is 2.33. The first-order valence-electron chi connectivity index (χ1n) is 6.74. The molecule has 2 rings (SSSR count). The smallest absolute Gasteiger partial charge is 0.239 e. The molecule has 2 heterocycles. The maximum atomic E-state index is 12.2. The molecule has 0 aromatic carbocycles. The Morgan fingerprint density at radius 3 is 2.95 bits per heavy atom. The quantitative estimate of drug-likeness (QED) is 0.820. The van der Waals surface area contributed by atoms with Crippen LogP contribution in [0.3, 0.4) is 0 Å². The number of hydrogen-bond donors (Lipinski definition) is 1. The highest BCUT2D eigenvalue weighted by Gasteiger charge is 2.28. The van der Waals surface area contributed by atoms with Crippen molar-refractivity contribution in [1.82, 2.24) is 14.7 Å². The topological polar surface area (TPSA) is 73.4 Å². The van der Waals surface area contributed by atoms with Crippen molar-refractivity contribution in [1.29, 1.82) is 0 Å². The van der Waals surface area contributed by atoms with Crippen molar-refractivity contribution in [3.8, 4) is 0 Å². The van der Waals surface area contributed by atoms with Crippen LogP contribution in [0.2, 0.25) is 0 Å². The fourth-order valence-electron chi connectivity index (χ4n) is 2.33. The third kappa shape index (κ3) is 3.78. The molecule has 1 aromatic rings. The lowest BCUT2D eigenvalue weighted by Gasteiger charge is -2.29. The summed E-state index contributed by atoms with van der Waals surface area (Å²) in [5, 5.41) is 4.11. The Kier molecular flexibility index (Phi) is 4.93. The van der Waals surface area contributed by atoms with Gasteiger partial charge in [-0.2, -0.15) is 5.10 Å². The average Bonchev–Trinajstić information content (AvgIpc) is 2.97. The average molecular weight is 266 g/mol. The van der Waals surface area contributed by atoms with Crippen molar-refractivity contribution >= 4 is 5.91 Å². The molecule has 2 N–H and O–H groups in total. The number of rotatable bonds is 5. The minimum Gasteiger partial charge on any atom is -0.381 e. The summed E-state index contributed by atoms with van der Waals surface area (Å²) in [7, 11) is 1.80. The predicted octanol–water partition coefficient (Wildman–Crippen LogP) is 0.0954. The van der Waals surface area contributed by atoms with Gasteiger partial charge in [0.05, 0.1) is 12.6 Å². The third-order valence-electron chi connectivity index (χ3n) is 3.66. The molecule has 1 saturated heterocycles. The highest BCUT2D eigenvalue weighted by atomic mass is 16.5. The van der Waals surface area contributed by atoms with E-state index in [2.05, 4.69) is 5.10 Å². The minimum atomic E-state index is -0.411. The zero-order chi connectivity index (χ0) is 13.7. The van der Waals surface area contributed by atoms with Crippen molar-refractivity contribution < 1.29 is 9.53 Å². The highest BCUT2D eigenvalue weighted by Crippen LogP contribution is 2.18. The first-order chi connectivity index (χ1) is 9.18. The van der Waals surface area contributed by atoms with Gasteiger partial charge >= 0.3 is 0 Å². The van der Waals surface area contributed by atoms with Crippen LogP contribution in [0.25, 0.3) is 0 Å². The largest absolute Gasteiger partial charge is 0.381 e. The standard InChI is InChI=1S/C13H22N4O2/c1-16(7-8-17-6-2-5-15-17)13(18)12(14)11-3-9-19-10-4-11/h2,5-6,11-12H,3-4,7-10,14H2,1H3. The van der Waals surface area contributed by atoms with E-state index in [-0.39, 0.29) is 11.8 Å². The van der Waals surface area contributed by atoms with Gasteiger partial charge in [-0.25, -0.2) is 0 Å². The van der Waals surface area contributed by atoms with E-state index >= 15 is 0 Å². The molecule has 1 fully saturated rings.